The van der Waals surface area contributed by atoms with Gasteiger partial charge in [-0.05, 0) is 30.9 Å². The molecule has 142 valence electrons. The van der Waals surface area contributed by atoms with E-state index in [4.69, 9.17) is 9.47 Å². The van der Waals surface area contributed by atoms with Gasteiger partial charge in [-0.25, -0.2) is 0 Å². The number of fused-ring (bicyclic) bond motifs is 2. The summed E-state index contributed by atoms with van der Waals surface area (Å²) in [5.41, 5.74) is 2.47. The molecule has 0 aliphatic carbocycles. The van der Waals surface area contributed by atoms with E-state index >= 15 is 0 Å². The summed E-state index contributed by atoms with van der Waals surface area (Å²) in [6.45, 7) is 2.43. The van der Waals surface area contributed by atoms with E-state index in [-0.39, 0.29) is 24.0 Å². The van der Waals surface area contributed by atoms with Gasteiger partial charge in [0.05, 0.1) is 7.11 Å². The van der Waals surface area contributed by atoms with Crippen LogP contribution in [0.2, 0.25) is 0 Å². The summed E-state index contributed by atoms with van der Waals surface area (Å²) < 4.78 is 11.5. The first-order valence-electron chi connectivity index (χ1n) is 9.77. The summed E-state index contributed by atoms with van der Waals surface area (Å²) in [5.74, 6) is 0.857. The molecule has 0 amide bonds. The lowest BCUT2D eigenvalue weighted by atomic mass is 9.81. The number of piperidine rings is 1. The standard InChI is InChI=1S/C23H27NO3/c1-16(25)27-23-20(19-10-6-7-11-22(19)26-2)14-18-12-13-21(23)24(18)15-17-8-4-3-5-9-17/h3-11,18,20-21,23H,12-15H2,1-2H3/t18-,20-,21+,23-/m1/s1. The van der Waals surface area contributed by atoms with Crippen LogP contribution in [-0.2, 0) is 16.1 Å². The minimum atomic E-state index is -0.204. The number of rotatable bonds is 5. The van der Waals surface area contributed by atoms with Crippen molar-refractivity contribution in [2.24, 2.45) is 0 Å². The first-order valence-corrected chi connectivity index (χ1v) is 9.77. The predicted molar refractivity (Wildman–Crippen MR) is 105 cm³/mol. The minimum Gasteiger partial charge on any atom is -0.496 e. The van der Waals surface area contributed by atoms with Crippen LogP contribution in [-0.4, -0.2) is 36.2 Å². The van der Waals surface area contributed by atoms with Crippen molar-refractivity contribution in [3.05, 3.63) is 65.7 Å². The summed E-state index contributed by atoms with van der Waals surface area (Å²) in [4.78, 5) is 14.5. The van der Waals surface area contributed by atoms with Crippen molar-refractivity contribution in [2.75, 3.05) is 7.11 Å². The largest absolute Gasteiger partial charge is 0.496 e. The molecule has 2 aliphatic heterocycles. The molecule has 2 aromatic carbocycles. The lowest BCUT2D eigenvalue weighted by Gasteiger charge is -2.44. The highest BCUT2D eigenvalue weighted by molar-refractivity contribution is 5.66. The van der Waals surface area contributed by atoms with Crippen LogP contribution in [0, 0.1) is 0 Å². The number of esters is 1. The van der Waals surface area contributed by atoms with E-state index < -0.39 is 0 Å². The average Bonchev–Trinajstić information content (AvgIpc) is 2.97. The molecule has 2 fully saturated rings. The van der Waals surface area contributed by atoms with Crippen molar-refractivity contribution in [3.8, 4) is 5.75 Å². The van der Waals surface area contributed by atoms with Gasteiger partial charge in [0.15, 0.2) is 0 Å². The number of methoxy groups -OCH3 is 1. The molecule has 0 unspecified atom stereocenters. The van der Waals surface area contributed by atoms with E-state index in [1.165, 1.54) is 12.5 Å². The fraction of sp³-hybridized carbons (Fsp3) is 0.435. The highest BCUT2D eigenvalue weighted by Crippen LogP contribution is 2.47. The average molecular weight is 365 g/mol. The lowest BCUT2D eigenvalue weighted by Crippen LogP contribution is -2.52. The number of hydrogen-bond acceptors (Lipinski definition) is 4. The van der Waals surface area contributed by atoms with Crippen LogP contribution in [0.5, 0.6) is 5.75 Å². The molecule has 4 nitrogen and oxygen atoms in total. The number of ether oxygens (including phenoxy) is 2. The Morgan fingerprint density at radius 3 is 2.56 bits per heavy atom. The second kappa shape index (κ2) is 7.73. The van der Waals surface area contributed by atoms with Gasteiger partial charge >= 0.3 is 5.97 Å². The Bertz CT molecular complexity index is 791. The Labute approximate surface area is 161 Å². The Hall–Kier alpha value is -2.33. The first-order chi connectivity index (χ1) is 13.2. The maximum atomic E-state index is 11.9. The molecule has 0 aromatic heterocycles. The number of nitrogens with zero attached hydrogens (tertiary/aromatic N) is 1. The number of para-hydroxylation sites is 1. The van der Waals surface area contributed by atoms with E-state index in [0.717, 1.165) is 37.1 Å². The molecule has 2 bridgehead atoms. The predicted octanol–water partition coefficient (Wildman–Crippen LogP) is 4.15. The number of hydrogen-bond donors (Lipinski definition) is 0. The Morgan fingerprint density at radius 1 is 1.07 bits per heavy atom. The van der Waals surface area contributed by atoms with Crippen LogP contribution in [0.1, 0.15) is 43.2 Å². The number of benzene rings is 2. The van der Waals surface area contributed by atoms with Crippen LogP contribution in [0.3, 0.4) is 0 Å². The lowest BCUT2D eigenvalue weighted by molar-refractivity contribution is -0.154. The Balaban J connectivity index is 1.65. The molecular formula is C23H27NO3. The van der Waals surface area contributed by atoms with E-state index in [1.807, 2.05) is 24.3 Å². The quantitative estimate of drug-likeness (QED) is 0.746. The van der Waals surface area contributed by atoms with E-state index in [1.54, 1.807) is 7.11 Å². The van der Waals surface area contributed by atoms with Crippen molar-refractivity contribution < 1.29 is 14.3 Å². The van der Waals surface area contributed by atoms with Gasteiger partial charge in [-0.1, -0.05) is 48.5 Å². The second-order valence-electron chi connectivity index (χ2n) is 7.61. The molecule has 2 aliphatic rings. The fourth-order valence-electron chi connectivity index (χ4n) is 4.94. The fourth-order valence-corrected chi connectivity index (χ4v) is 4.94. The normalized spacial score (nSPS) is 27.3. The summed E-state index contributed by atoms with van der Waals surface area (Å²) in [7, 11) is 1.71. The molecule has 4 atom stereocenters. The zero-order valence-electron chi connectivity index (χ0n) is 16.0. The molecule has 0 radical (unpaired) electrons. The van der Waals surface area contributed by atoms with Crippen molar-refractivity contribution >= 4 is 5.97 Å². The van der Waals surface area contributed by atoms with E-state index in [2.05, 4.69) is 35.2 Å². The SMILES string of the molecule is COc1ccccc1[C@H]1C[C@H]2CC[C@@H]([C@@H]1OC(C)=O)N2Cc1ccccc1. The maximum absolute atomic E-state index is 11.9. The molecular weight excluding hydrogens is 338 g/mol. The second-order valence-corrected chi connectivity index (χ2v) is 7.61. The molecule has 0 spiro atoms. The smallest absolute Gasteiger partial charge is 0.302 e. The van der Waals surface area contributed by atoms with E-state index in [0.29, 0.717) is 6.04 Å². The van der Waals surface area contributed by atoms with Crippen LogP contribution >= 0.6 is 0 Å². The molecule has 4 rings (SSSR count). The number of carbonyl (C=O) groups is 1. The summed E-state index contributed by atoms with van der Waals surface area (Å²) in [6, 6.07) is 19.5. The van der Waals surface area contributed by atoms with Gasteiger partial charge in [0.25, 0.3) is 0 Å². The molecule has 27 heavy (non-hydrogen) atoms. The van der Waals surface area contributed by atoms with E-state index in [9.17, 15) is 4.79 Å². The zero-order chi connectivity index (χ0) is 18.8. The van der Waals surface area contributed by atoms with Crippen LogP contribution < -0.4 is 4.74 Å². The molecule has 4 heteroatoms. The molecule has 2 heterocycles. The summed E-state index contributed by atoms with van der Waals surface area (Å²) >= 11 is 0. The zero-order valence-corrected chi connectivity index (χ0v) is 16.0. The highest BCUT2D eigenvalue weighted by atomic mass is 16.5. The molecule has 2 saturated heterocycles. The van der Waals surface area contributed by atoms with Gasteiger partial charge in [0.2, 0.25) is 0 Å². The molecule has 2 aromatic rings. The number of carbonyl (C=O) groups excluding carboxylic acids is 1. The van der Waals surface area contributed by atoms with Crippen LogP contribution in [0.15, 0.2) is 54.6 Å². The van der Waals surface area contributed by atoms with Crippen LogP contribution in [0.25, 0.3) is 0 Å². The minimum absolute atomic E-state index is 0.138. The third-order valence-electron chi connectivity index (χ3n) is 6.04. The summed E-state index contributed by atoms with van der Waals surface area (Å²) in [6.07, 6.45) is 3.07. The van der Waals surface area contributed by atoms with Crippen molar-refractivity contribution in [3.63, 3.8) is 0 Å². The van der Waals surface area contributed by atoms with Crippen LogP contribution in [0.4, 0.5) is 0 Å². The van der Waals surface area contributed by atoms with Crippen molar-refractivity contribution in [1.29, 1.82) is 0 Å². The highest BCUT2D eigenvalue weighted by Gasteiger charge is 2.49. The first kappa shape index (κ1) is 18.1. The van der Waals surface area contributed by atoms with Crippen molar-refractivity contribution in [1.82, 2.24) is 4.90 Å². The third-order valence-corrected chi connectivity index (χ3v) is 6.04. The van der Waals surface area contributed by atoms with Gasteiger partial charge in [0, 0.05) is 37.0 Å². The third kappa shape index (κ3) is 3.59. The van der Waals surface area contributed by atoms with Gasteiger partial charge in [-0.3, -0.25) is 9.69 Å². The maximum Gasteiger partial charge on any atom is 0.302 e. The van der Waals surface area contributed by atoms with Gasteiger partial charge in [-0.15, -0.1) is 0 Å². The summed E-state index contributed by atoms with van der Waals surface area (Å²) in [5, 5.41) is 0. The van der Waals surface area contributed by atoms with Crippen molar-refractivity contribution in [2.45, 2.75) is 56.8 Å². The Kier molecular flexibility index (Phi) is 5.17. The topological polar surface area (TPSA) is 38.8 Å². The van der Waals surface area contributed by atoms with Gasteiger partial charge in [0.1, 0.15) is 11.9 Å². The Morgan fingerprint density at radius 2 is 1.81 bits per heavy atom. The molecule has 0 N–H and O–H groups in total. The van der Waals surface area contributed by atoms with Gasteiger partial charge in [-0.2, -0.15) is 0 Å². The molecule has 0 saturated carbocycles. The monoisotopic (exact) mass is 365 g/mol. The van der Waals surface area contributed by atoms with Gasteiger partial charge < -0.3 is 9.47 Å².